The molecule has 0 amide bonds. The Morgan fingerprint density at radius 1 is 1.30 bits per heavy atom. The number of alkyl halides is 3. The van der Waals surface area contributed by atoms with Crippen LogP contribution in [0.15, 0.2) is 24.3 Å². The summed E-state index contributed by atoms with van der Waals surface area (Å²) in [5.41, 5.74) is 0.462. The largest absolute Gasteiger partial charge is 0.573 e. The van der Waals surface area contributed by atoms with Crippen molar-refractivity contribution in [3.8, 4) is 5.75 Å². The van der Waals surface area contributed by atoms with E-state index in [1.165, 1.54) is 6.07 Å². The Morgan fingerprint density at radius 3 is 2.65 bits per heavy atom. The van der Waals surface area contributed by atoms with Gasteiger partial charge in [-0.3, -0.25) is 4.90 Å². The summed E-state index contributed by atoms with van der Waals surface area (Å²) in [6.07, 6.45) is -4.66. The van der Waals surface area contributed by atoms with E-state index >= 15 is 0 Å². The first-order valence-corrected chi connectivity index (χ1v) is 6.57. The van der Waals surface area contributed by atoms with E-state index in [4.69, 9.17) is 0 Å². The van der Waals surface area contributed by atoms with Crippen molar-refractivity contribution in [2.75, 3.05) is 19.6 Å². The summed E-state index contributed by atoms with van der Waals surface area (Å²) in [5.74, 6) is -0.116. The summed E-state index contributed by atoms with van der Waals surface area (Å²) < 4.78 is 41.3. The van der Waals surface area contributed by atoms with Crippen LogP contribution in [0.1, 0.15) is 19.4 Å². The minimum atomic E-state index is -4.66. The Hall–Kier alpha value is -1.27. The number of hydrogen-bond acceptors (Lipinski definition) is 3. The average Bonchev–Trinajstić information content (AvgIpc) is 2.32. The molecular weight excluding hydrogens is 269 g/mol. The molecule has 20 heavy (non-hydrogen) atoms. The molecule has 0 unspecified atom stereocenters. The van der Waals surface area contributed by atoms with Crippen molar-refractivity contribution >= 4 is 0 Å². The molecule has 0 atom stereocenters. The monoisotopic (exact) mass is 288 g/mol. The fourth-order valence-corrected chi connectivity index (χ4v) is 2.38. The number of rotatable bonds is 3. The second kappa shape index (κ2) is 5.61. The third kappa shape index (κ3) is 3.86. The number of halogens is 3. The number of para-hydroxylation sites is 1. The van der Waals surface area contributed by atoms with E-state index in [1.54, 1.807) is 18.2 Å². The maximum atomic E-state index is 12.4. The van der Waals surface area contributed by atoms with Crippen LogP contribution in [0.3, 0.4) is 0 Å². The van der Waals surface area contributed by atoms with Crippen LogP contribution < -0.4 is 10.1 Å². The van der Waals surface area contributed by atoms with E-state index in [9.17, 15) is 13.2 Å². The van der Waals surface area contributed by atoms with Crippen LogP contribution in [0.4, 0.5) is 13.2 Å². The highest BCUT2D eigenvalue weighted by atomic mass is 19.4. The molecule has 1 aromatic carbocycles. The molecule has 0 aromatic heterocycles. The Kier molecular flexibility index (Phi) is 4.25. The number of benzene rings is 1. The molecule has 1 saturated heterocycles. The van der Waals surface area contributed by atoms with Crippen LogP contribution >= 0.6 is 0 Å². The lowest BCUT2D eigenvalue weighted by atomic mass is 9.99. The van der Waals surface area contributed by atoms with E-state index in [0.29, 0.717) is 12.1 Å². The topological polar surface area (TPSA) is 24.5 Å². The lowest BCUT2D eigenvalue weighted by molar-refractivity contribution is -0.275. The highest BCUT2D eigenvalue weighted by Gasteiger charge is 2.33. The summed E-state index contributed by atoms with van der Waals surface area (Å²) in [6.45, 7) is 7.05. The Balaban J connectivity index is 2.16. The number of nitrogens with zero attached hydrogens (tertiary/aromatic N) is 1. The molecule has 0 saturated carbocycles. The molecule has 1 aliphatic rings. The van der Waals surface area contributed by atoms with Crippen LogP contribution in [0.25, 0.3) is 0 Å². The standard InChI is InChI=1S/C14H19F3N2O/c1-13(2)10-18-7-8-19(13)9-11-5-3-4-6-12(11)20-14(15,16)17/h3-6,18H,7-10H2,1-2H3. The summed E-state index contributed by atoms with van der Waals surface area (Å²) in [5, 5.41) is 3.29. The van der Waals surface area contributed by atoms with Crippen LogP contribution in [-0.2, 0) is 6.54 Å². The zero-order valence-electron chi connectivity index (χ0n) is 11.6. The van der Waals surface area contributed by atoms with Crippen molar-refractivity contribution in [3.63, 3.8) is 0 Å². The van der Waals surface area contributed by atoms with Gasteiger partial charge in [-0.2, -0.15) is 0 Å². The van der Waals surface area contributed by atoms with Crippen LogP contribution in [0.5, 0.6) is 5.75 Å². The second-order valence-electron chi connectivity index (χ2n) is 5.57. The maximum Gasteiger partial charge on any atom is 0.573 e. The highest BCUT2D eigenvalue weighted by Crippen LogP contribution is 2.29. The van der Waals surface area contributed by atoms with E-state index < -0.39 is 6.36 Å². The molecule has 112 valence electrons. The quantitative estimate of drug-likeness (QED) is 0.925. The van der Waals surface area contributed by atoms with Crippen molar-refractivity contribution in [2.45, 2.75) is 32.3 Å². The fraction of sp³-hybridized carbons (Fsp3) is 0.571. The van der Waals surface area contributed by atoms with E-state index in [-0.39, 0.29) is 11.3 Å². The Bertz CT molecular complexity index is 460. The zero-order valence-corrected chi connectivity index (χ0v) is 11.6. The third-order valence-electron chi connectivity index (χ3n) is 3.53. The molecule has 0 spiro atoms. The summed E-state index contributed by atoms with van der Waals surface area (Å²) >= 11 is 0. The normalized spacial score (nSPS) is 19.9. The predicted molar refractivity (Wildman–Crippen MR) is 70.5 cm³/mol. The van der Waals surface area contributed by atoms with Crippen LogP contribution in [-0.4, -0.2) is 36.4 Å². The van der Waals surface area contributed by atoms with Gasteiger partial charge in [0.2, 0.25) is 0 Å². The molecule has 0 radical (unpaired) electrons. The molecule has 1 heterocycles. The molecule has 2 rings (SSSR count). The zero-order chi connectivity index (χ0) is 14.8. The summed E-state index contributed by atoms with van der Waals surface area (Å²) in [4.78, 5) is 2.17. The molecule has 1 aromatic rings. The lowest BCUT2D eigenvalue weighted by Gasteiger charge is -2.43. The van der Waals surface area contributed by atoms with E-state index in [2.05, 4.69) is 28.8 Å². The minimum absolute atomic E-state index is 0.0937. The van der Waals surface area contributed by atoms with Gasteiger partial charge in [0.05, 0.1) is 0 Å². The van der Waals surface area contributed by atoms with Crippen molar-refractivity contribution in [1.82, 2.24) is 10.2 Å². The first-order chi connectivity index (χ1) is 9.28. The number of nitrogens with one attached hydrogen (secondary N) is 1. The number of piperazine rings is 1. The molecule has 1 aliphatic heterocycles. The molecule has 0 bridgehead atoms. The van der Waals surface area contributed by atoms with Crippen LogP contribution in [0.2, 0.25) is 0 Å². The minimum Gasteiger partial charge on any atom is -0.405 e. The van der Waals surface area contributed by atoms with Crippen molar-refractivity contribution in [2.24, 2.45) is 0 Å². The molecule has 3 nitrogen and oxygen atoms in total. The summed E-state index contributed by atoms with van der Waals surface area (Å²) in [6, 6.07) is 6.32. The summed E-state index contributed by atoms with van der Waals surface area (Å²) in [7, 11) is 0. The van der Waals surface area contributed by atoms with Crippen molar-refractivity contribution < 1.29 is 17.9 Å². The fourth-order valence-electron chi connectivity index (χ4n) is 2.38. The van der Waals surface area contributed by atoms with Gasteiger partial charge in [0, 0.05) is 37.3 Å². The third-order valence-corrected chi connectivity index (χ3v) is 3.53. The maximum absolute atomic E-state index is 12.4. The molecule has 1 fully saturated rings. The molecule has 1 N–H and O–H groups in total. The van der Waals surface area contributed by atoms with Gasteiger partial charge in [-0.05, 0) is 19.9 Å². The van der Waals surface area contributed by atoms with Crippen molar-refractivity contribution in [1.29, 1.82) is 0 Å². The Morgan fingerprint density at radius 2 is 2.00 bits per heavy atom. The smallest absolute Gasteiger partial charge is 0.405 e. The van der Waals surface area contributed by atoms with Gasteiger partial charge in [0.25, 0.3) is 0 Å². The van der Waals surface area contributed by atoms with Crippen molar-refractivity contribution in [3.05, 3.63) is 29.8 Å². The molecule has 0 aliphatic carbocycles. The van der Waals surface area contributed by atoms with Gasteiger partial charge in [0.1, 0.15) is 5.75 Å². The van der Waals surface area contributed by atoms with Crippen LogP contribution in [0, 0.1) is 0 Å². The molecular formula is C14H19F3N2O. The Labute approximate surface area is 116 Å². The lowest BCUT2D eigenvalue weighted by Crippen LogP contribution is -2.57. The van der Waals surface area contributed by atoms with Gasteiger partial charge in [0.15, 0.2) is 0 Å². The van der Waals surface area contributed by atoms with Gasteiger partial charge < -0.3 is 10.1 Å². The highest BCUT2D eigenvalue weighted by molar-refractivity contribution is 5.33. The predicted octanol–water partition coefficient (Wildman–Crippen LogP) is 2.77. The number of ether oxygens (including phenoxy) is 1. The molecule has 6 heteroatoms. The van der Waals surface area contributed by atoms with Gasteiger partial charge in [-0.15, -0.1) is 13.2 Å². The SMILES string of the molecule is CC1(C)CNCCN1Cc1ccccc1OC(F)(F)F. The second-order valence-corrected chi connectivity index (χ2v) is 5.57. The first kappa shape index (κ1) is 15.1. The van der Waals surface area contributed by atoms with E-state index in [1.807, 2.05) is 0 Å². The van der Waals surface area contributed by atoms with Gasteiger partial charge in [-0.25, -0.2) is 0 Å². The van der Waals surface area contributed by atoms with Gasteiger partial charge >= 0.3 is 6.36 Å². The van der Waals surface area contributed by atoms with Gasteiger partial charge in [-0.1, -0.05) is 18.2 Å². The first-order valence-electron chi connectivity index (χ1n) is 6.57. The van der Waals surface area contributed by atoms with E-state index in [0.717, 1.165) is 19.6 Å². The number of hydrogen-bond donors (Lipinski definition) is 1. The average molecular weight is 288 g/mol.